The second-order valence-electron chi connectivity index (χ2n) is 2.89. The number of isocyanates is 1. The summed E-state index contributed by atoms with van der Waals surface area (Å²) in [5.41, 5.74) is 0. The highest BCUT2D eigenvalue weighted by Gasteiger charge is 2.02. The zero-order chi connectivity index (χ0) is 10.1. The number of carbonyl (C=O) groups is 1. The molecule has 0 aromatic carbocycles. The first-order chi connectivity index (χ1) is 6.20. The predicted octanol–water partition coefficient (Wildman–Crippen LogP) is 1.44. The Kier molecular flexibility index (Phi) is 6.83. The molecule has 0 radical (unpaired) electrons. The summed E-state index contributed by atoms with van der Waals surface area (Å²) in [7, 11) is 1.38. The normalized spacial score (nSPS) is 11.5. The zero-order valence-corrected chi connectivity index (χ0v) is 8.08. The lowest BCUT2D eigenvalue weighted by atomic mass is 10.1. The summed E-state index contributed by atoms with van der Waals surface area (Å²) in [6.45, 7) is 1.85. The molecule has 1 unspecified atom stereocenters. The highest BCUT2D eigenvalue weighted by molar-refractivity contribution is 5.68. The van der Waals surface area contributed by atoms with Gasteiger partial charge in [0, 0.05) is 6.42 Å². The third-order valence-corrected chi connectivity index (χ3v) is 1.75. The lowest BCUT2D eigenvalue weighted by Gasteiger charge is -2.02. The maximum atomic E-state index is 10.7. The summed E-state index contributed by atoms with van der Waals surface area (Å²) >= 11 is 0. The summed E-state index contributed by atoms with van der Waals surface area (Å²) in [5.74, 6) is -0.188. The maximum Gasteiger partial charge on any atom is 0.305 e. The van der Waals surface area contributed by atoms with E-state index in [0.717, 1.165) is 19.3 Å². The first kappa shape index (κ1) is 11.8. The van der Waals surface area contributed by atoms with Crippen molar-refractivity contribution in [3.63, 3.8) is 0 Å². The van der Waals surface area contributed by atoms with Crippen LogP contribution in [0.3, 0.4) is 0 Å². The van der Waals surface area contributed by atoms with Gasteiger partial charge in [0.2, 0.25) is 6.08 Å². The van der Waals surface area contributed by atoms with Gasteiger partial charge in [-0.1, -0.05) is 6.42 Å². The number of unbranched alkanes of at least 4 members (excludes halogenated alkanes) is 1. The minimum absolute atomic E-state index is 0.00940. The number of aliphatic imine (C=N–C) groups is 1. The molecule has 0 heterocycles. The largest absolute Gasteiger partial charge is 0.469 e. The Balaban J connectivity index is 3.35. The molecule has 74 valence electrons. The van der Waals surface area contributed by atoms with Crippen LogP contribution in [0.15, 0.2) is 4.99 Å². The third kappa shape index (κ3) is 7.22. The molecule has 0 aliphatic carbocycles. The van der Waals surface area contributed by atoms with Gasteiger partial charge in [-0.3, -0.25) is 4.79 Å². The van der Waals surface area contributed by atoms with Crippen LogP contribution in [0.1, 0.15) is 32.6 Å². The fraction of sp³-hybridized carbons (Fsp3) is 0.778. The van der Waals surface area contributed by atoms with Crippen molar-refractivity contribution in [2.75, 3.05) is 7.11 Å². The van der Waals surface area contributed by atoms with Gasteiger partial charge in [0.15, 0.2) is 0 Å². The Hall–Kier alpha value is -1.15. The molecule has 4 nitrogen and oxygen atoms in total. The number of esters is 1. The van der Waals surface area contributed by atoms with Crippen LogP contribution in [0.4, 0.5) is 0 Å². The van der Waals surface area contributed by atoms with Crippen LogP contribution >= 0.6 is 0 Å². The van der Waals surface area contributed by atoms with Gasteiger partial charge < -0.3 is 4.74 Å². The average molecular weight is 185 g/mol. The van der Waals surface area contributed by atoms with E-state index in [4.69, 9.17) is 0 Å². The molecule has 0 amide bonds. The van der Waals surface area contributed by atoms with E-state index >= 15 is 0 Å². The number of rotatable bonds is 6. The van der Waals surface area contributed by atoms with E-state index in [1.807, 2.05) is 6.92 Å². The average Bonchev–Trinajstić information content (AvgIpc) is 2.12. The molecule has 0 bridgehead atoms. The number of methoxy groups -OCH3 is 1. The second-order valence-corrected chi connectivity index (χ2v) is 2.89. The molecular weight excluding hydrogens is 170 g/mol. The van der Waals surface area contributed by atoms with Crippen LogP contribution in [0, 0.1) is 0 Å². The van der Waals surface area contributed by atoms with Crippen molar-refractivity contribution in [2.45, 2.75) is 38.6 Å². The van der Waals surface area contributed by atoms with Gasteiger partial charge >= 0.3 is 5.97 Å². The zero-order valence-electron chi connectivity index (χ0n) is 8.08. The smallest absolute Gasteiger partial charge is 0.305 e. The van der Waals surface area contributed by atoms with Gasteiger partial charge in [0.05, 0.1) is 13.2 Å². The number of nitrogens with zero attached hydrogens (tertiary/aromatic N) is 1. The molecule has 0 aromatic rings. The van der Waals surface area contributed by atoms with Gasteiger partial charge in [-0.25, -0.2) is 9.79 Å². The Morgan fingerprint density at radius 1 is 1.54 bits per heavy atom. The van der Waals surface area contributed by atoms with Crippen molar-refractivity contribution in [3.05, 3.63) is 0 Å². The molecule has 0 N–H and O–H groups in total. The Morgan fingerprint density at radius 3 is 2.77 bits per heavy atom. The summed E-state index contributed by atoms with van der Waals surface area (Å²) < 4.78 is 4.48. The molecule has 4 heteroatoms. The summed E-state index contributed by atoms with van der Waals surface area (Å²) in [5, 5.41) is 0. The van der Waals surface area contributed by atoms with Crippen molar-refractivity contribution in [1.29, 1.82) is 0 Å². The quantitative estimate of drug-likeness (QED) is 0.272. The van der Waals surface area contributed by atoms with Gasteiger partial charge in [0.25, 0.3) is 0 Å². The first-order valence-electron chi connectivity index (χ1n) is 4.34. The topological polar surface area (TPSA) is 55.7 Å². The number of carbonyl (C=O) groups excluding carboxylic acids is 2. The van der Waals surface area contributed by atoms with Crippen LogP contribution in [0.25, 0.3) is 0 Å². The molecule has 0 aliphatic rings. The lowest BCUT2D eigenvalue weighted by molar-refractivity contribution is -0.140. The van der Waals surface area contributed by atoms with Crippen molar-refractivity contribution in [1.82, 2.24) is 0 Å². The highest BCUT2D eigenvalue weighted by atomic mass is 16.5. The summed E-state index contributed by atoms with van der Waals surface area (Å²) in [6.07, 6.45) is 4.42. The summed E-state index contributed by atoms with van der Waals surface area (Å²) in [4.78, 5) is 24.1. The van der Waals surface area contributed by atoms with Gasteiger partial charge in [0.1, 0.15) is 0 Å². The van der Waals surface area contributed by atoms with E-state index < -0.39 is 0 Å². The number of hydrogen-bond donors (Lipinski definition) is 0. The van der Waals surface area contributed by atoms with E-state index in [-0.39, 0.29) is 12.0 Å². The number of hydrogen-bond acceptors (Lipinski definition) is 4. The van der Waals surface area contributed by atoms with Crippen molar-refractivity contribution in [3.8, 4) is 0 Å². The molecule has 0 fully saturated rings. The SMILES string of the molecule is COC(=O)CCCCC(C)N=C=O. The number of ether oxygens (including phenoxy) is 1. The summed E-state index contributed by atoms with van der Waals surface area (Å²) in [6, 6.07) is 0.00940. The molecule has 13 heavy (non-hydrogen) atoms. The van der Waals surface area contributed by atoms with Crippen LogP contribution in [0.5, 0.6) is 0 Å². The van der Waals surface area contributed by atoms with Crippen molar-refractivity contribution >= 4 is 12.0 Å². The first-order valence-corrected chi connectivity index (χ1v) is 4.34. The van der Waals surface area contributed by atoms with E-state index in [0.29, 0.717) is 6.42 Å². The van der Waals surface area contributed by atoms with E-state index in [1.54, 1.807) is 0 Å². The Bertz CT molecular complexity index is 197. The second kappa shape index (κ2) is 7.50. The maximum absolute atomic E-state index is 10.7. The Labute approximate surface area is 78.0 Å². The fourth-order valence-corrected chi connectivity index (χ4v) is 0.966. The molecule has 1 atom stereocenters. The van der Waals surface area contributed by atoms with Crippen LogP contribution in [-0.2, 0) is 14.3 Å². The van der Waals surface area contributed by atoms with E-state index in [1.165, 1.54) is 13.2 Å². The molecule has 0 spiro atoms. The monoisotopic (exact) mass is 185 g/mol. The minimum Gasteiger partial charge on any atom is -0.469 e. The van der Waals surface area contributed by atoms with Gasteiger partial charge in [-0.15, -0.1) is 0 Å². The third-order valence-electron chi connectivity index (χ3n) is 1.75. The molecule has 0 aromatic heterocycles. The van der Waals surface area contributed by atoms with Crippen LogP contribution in [0.2, 0.25) is 0 Å². The minimum atomic E-state index is -0.188. The van der Waals surface area contributed by atoms with E-state index in [9.17, 15) is 9.59 Å². The van der Waals surface area contributed by atoms with Crippen molar-refractivity contribution in [2.24, 2.45) is 4.99 Å². The molecular formula is C9H15NO3. The highest BCUT2D eigenvalue weighted by Crippen LogP contribution is 2.05. The molecule has 0 rings (SSSR count). The van der Waals surface area contributed by atoms with Gasteiger partial charge in [-0.05, 0) is 19.8 Å². The van der Waals surface area contributed by atoms with E-state index in [2.05, 4.69) is 9.73 Å². The predicted molar refractivity (Wildman–Crippen MR) is 48.1 cm³/mol. The van der Waals surface area contributed by atoms with Gasteiger partial charge in [-0.2, -0.15) is 0 Å². The lowest BCUT2D eigenvalue weighted by Crippen LogP contribution is -2.01. The molecule has 0 aliphatic heterocycles. The Morgan fingerprint density at radius 2 is 2.23 bits per heavy atom. The standard InChI is InChI=1S/C9H15NO3/c1-8(10-7-11)5-3-4-6-9(12)13-2/h8H,3-6H2,1-2H3. The van der Waals surface area contributed by atoms with Crippen LogP contribution < -0.4 is 0 Å². The van der Waals surface area contributed by atoms with Crippen molar-refractivity contribution < 1.29 is 14.3 Å². The fourth-order valence-electron chi connectivity index (χ4n) is 0.966. The van der Waals surface area contributed by atoms with Crippen LogP contribution in [-0.4, -0.2) is 25.2 Å². The molecule has 0 saturated carbocycles. The molecule has 0 saturated heterocycles.